The van der Waals surface area contributed by atoms with Gasteiger partial charge >= 0.3 is 0 Å². The van der Waals surface area contributed by atoms with E-state index in [0.717, 1.165) is 5.56 Å². The third kappa shape index (κ3) is 2.80. The van der Waals surface area contributed by atoms with E-state index in [-0.39, 0.29) is 18.0 Å². The van der Waals surface area contributed by atoms with Gasteiger partial charge in [0.1, 0.15) is 0 Å². The Morgan fingerprint density at radius 2 is 2.14 bits per heavy atom. The Morgan fingerprint density at radius 1 is 1.43 bits per heavy atom. The Bertz CT molecular complexity index is 400. The van der Waals surface area contributed by atoms with Gasteiger partial charge in [-0.25, -0.2) is 13.1 Å². The maximum absolute atomic E-state index is 11.5. The second kappa shape index (κ2) is 4.54. The predicted molar refractivity (Wildman–Crippen MR) is 53.5 cm³/mol. The van der Waals surface area contributed by atoms with Crippen LogP contribution in [0.1, 0.15) is 5.56 Å². The standard InChI is InChI=1S/C9H13NO3S/c1-8-3-2-4-9(7-8)14(12,13)10-5-6-11/h2-4,7,10-11H,5-6H2,1H3. The molecule has 0 atom stereocenters. The molecule has 1 aromatic carbocycles. The van der Waals surface area contributed by atoms with Crippen molar-refractivity contribution in [3.8, 4) is 0 Å². The van der Waals surface area contributed by atoms with Crippen molar-refractivity contribution in [2.45, 2.75) is 11.8 Å². The van der Waals surface area contributed by atoms with Crippen LogP contribution in [0.15, 0.2) is 29.2 Å². The van der Waals surface area contributed by atoms with Gasteiger partial charge in [-0.1, -0.05) is 12.1 Å². The number of rotatable bonds is 4. The van der Waals surface area contributed by atoms with E-state index in [0.29, 0.717) is 0 Å². The zero-order chi connectivity index (χ0) is 10.6. The highest BCUT2D eigenvalue weighted by molar-refractivity contribution is 7.89. The molecule has 0 saturated heterocycles. The van der Waals surface area contributed by atoms with Gasteiger partial charge in [-0.3, -0.25) is 0 Å². The van der Waals surface area contributed by atoms with Gasteiger partial charge in [0.2, 0.25) is 10.0 Å². The minimum Gasteiger partial charge on any atom is -0.395 e. The van der Waals surface area contributed by atoms with Crippen LogP contribution in [0.5, 0.6) is 0 Å². The Morgan fingerprint density at radius 3 is 2.71 bits per heavy atom. The van der Waals surface area contributed by atoms with Crippen molar-refractivity contribution < 1.29 is 13.5 Å². The van der Waals surface area contributed by atoms with E-state index in [2.05, 4.69) is 4.72 Å². The van der Waals surface area contributed by atoms with Crippen LogP contribution in [0.25, 0.3) is 0 Å². The van der Waals surface area contributed by atoms with Crippen molar-refractivity contribution in [3.05, 3.63) is 29.8 Å². The molecular formula is C9H13NO3S. The maximum atomic E-state index is 11.5. The average molecular weight is 215 g/mol. The predicted octanol–water partition coefficient (Wildman–Crippen LogP) is 0.266. The summed E-state index contributed by atoms with van der Waals surface area (Å²) in [5.74, 6) is 0. The van der Waals surface area contributed by atoms with Crippen LogP contribution in [0, 0.1) is 6.92 Å². The van der Waals surface area contributed by atoms with E-state index in [1.54, 1.807) is 12.1 Å². The van der Waals surface area contributed by atoms with Crippen molar-refractivity contribution in [2.24, 2.45) is 0 Å². The smallest absolute Gasteiger partial charge is 0.240 e. The molecular weight excluding hydrogens is 202 g/mol. The molecule has 0 aromatic heterocycles. The van der Waals surface area contributed by atoms with Crippen LogP contribution in [-0.4, -0.2) is 26.7 Å². The third-order valence-corrected chi connectivity index (χ3v) is 3.16. The molecule has 1 rings (SSSR count). The number of nitrogens with one attached hydrogen (secondary N) is 1. The molecule has 0 aliphatic rings. The fourth-order valence-electron chi connectivity index (χ4n) is 1.05. The summed E-state index contributed by atoms with van der Waals surface area (Å²) in [5.41, 5.74) is 0.886. The Hall–Kier alpha value is -0.910. The number of sulfonamides is 1. The van der Waals surface area contributed by atoms with Crippen LogP contribution in [0.3, 0.4) is 0 Å². The average Bonchev–Trinajstić information content (AvgIpc) is 2.15. The van der Waals surface area contributed by atoms with E-state index in [1.807, 2.05) is 13.0 Å². The molecule has 0 fully saturated rings. The molecule has 0 unspecified atom stereocenters. The van der Waals surface area contributed by atoms with Crippen LogP contribution in [-0.2, 0) is 10.0 Å². The highest BCUT2D eigenvalue weighted by atomic mass is 32.2. The first-order valence-corrected chi connectivity index (χ1v) is 5.72. The van der Waals surface area contributed by atoms with Crippen LogP contribution < -0.4 is 4.72 Å². The van der Waals surface area contributed by atoms with E-state index in [9.17, 15) is 8.42 Å². The van der Waals surface area contributed by atoms with Gasteiger partial charge in [-0.2, -0.15) is 0 Å². The van der Waals surface area contributed by atoms with Gasteiger partial charge in [0, 0.05) is 6.54 Å². The van der Waals surface area contributed by atoms with Gasteiger partial charge in [0.15, 0.2) is 0 Å². The number of aliphatic hydroxyl groups excluding tert-OH is 1. The molecule has 4 nitrogen and oxygen atoms in total. The fourth-order valence-corrected chi connectivity index (χ4v) is 2.17. The van der Waals surface area contributed by atoms with Crippen LogP contribution in [0.2, 0.25) is 0 Å². The lowest BCUT2D eigenvalue weighted by atomic mass is 10.2. The first-order valence-electron chi connectivity index (χ1n) is 4.23. The number of aryl methyl sites for hydroxylation is 1. The van der Waals surface area contributed by atoms with Gasteiger partial charge in [-0.15, -0.1) is 0 Å². The molecule has 0 heterocycles. The topological polar surface area (TPSA) is 66.4 Å². The van der Waals surface area contributed by atoms with Crippen molar-refractivity contribution >= 4 is 10.0 Å². The van der Waals surface area contributed by atoms with Crippen LogP contribution >= 0.6 is 0 Å². The second-order valence-corrected chi connectivity index (χ2v) is 4.70. The molecule has 78 valence electrons. The normalized spacial score (nSPS) is 11.6. The number of hydrogen-bond donors (Lipinski definition) is 2. The van der Waals surface area contributed by atoms with Crippen molar-refractivity contribution in [1.82, 2.24) is 4.72 Å². The van der Waals surface area contributed by atoms with Crippen molar-refractivity contribution in [3.63, 3.8) is 0 Å². The molecule has 0 bridgehead atoms. The zero-order valence-electron chi connectivity index (χ0n) is 7.90. The summed E-state index contributed by atoms with van der Waals surface area (Å²) in [6.45, 7) is 1.66. The van der Waals surface area contributed by atoms with E-state index >= 15 is 0 Å². The number of hydrogen-bond acceptors (Lipinski definition) is 3. The molecule has 0 radical (unpaired) electrons. The van der Waals surface area contributed by atoms with Gasteiger partial charge in [0.05, 0.1) is 11.5 Å². The van der Waals surface area contributed by atoms with Gasteiger partial charge in [-0.05, 0) is 24.6 Å². The van der Waals surface area contributed by atoms with Crippen LogP contribution in [0.4, 0.5) is 0 Å². The lowest BCUT2D eigenvalue weighted by molar-refractivity contribution is 0.301. The monoisotopic (exact) mass is 215 g/mol. The quantitative estimate of drug-likeness (QED) is 0.757. The van der Waals surface area contributed by atoms with E-state index < -0.39 is 10.0 Å². The summed E-state index contributed by atoms with van der Waals surface area (Å²) in [6, 6.07) is 6.61. The molecule has 0 spiro atoms. The Kier molecular flexibility index (Phi) is 3.62. The summed E-state index contributed by atoms with van der Waals surface area (Å²) in [7, 11) is -3.45. The molecule has 5 heteroatoms. The maximum Gasteiger partial charge on any atom is 0.240 e. The summed E-state index contributed by atoms with van der Waals surface area (Å²) < 4.78 is 25.3. The van der Waals surface area contributed by atoms with Crippen molar-refractivity contribution in [2.75, 3.05) is 13.2 Å². The first kappa shape index (κ1) is 11.2. The molecule has 2 N–H and O–H groups in total. The molecule has 0 saturated carbocycles. The first-order chi connectivity index (χ1) is 6.56. The van der Waals surface area contributed by atoms with E-state index in [1.165, 1.54) is 6.07 Å². The Labute approximate surface area is 83.6 Å². The summed E-state index contributed by atoms with van der Waals surface area (Å²) >= 11 is 0. The van der Waals surface area contributed by atoms with Gasteiger partial charge in [0.25, 0.3) is 0 Å². The minimum absolute atomic E-state index is 0.0380. The third-order valence-electron chi connectivity index (χ3n) is 1.70. The minimum atomic E-state index is -3.45. The van der Waals surface area contributed by atoms with Gasteiger partial charge < -0.3 is 5.11 Å². The SMILES string of the molecule is Cc1cccc(S(=O)(=O)NCCO)c1. The molecule has 0 aliphatic carbocycles. The summed E-state index contributed by atoms with van der Waals surface area (Å²) in [5, 5.41) is 8.50. The highest BCUT2D eigenvalue weighted by Gasteiger charge is 2.12. The summed E-state index contributed by atoms with van der Waals surface area (Å²) in [4.78, 5) is 0.228. The molecule has 1 aromatic rings. The molecule has 0 amide bonds. The van der Waals surface area contributed by atoms with E-state index in [4.69, 9.17) is 5.11 Å². The lowest BCUT2D eigenvalue weighted by Gasteiger charge is -2.05. The Balaban J connectivity index is 2.93. The number of benzene rings is 1. The lowest BCUT2D eigenvalue weighted by Crippen LogP contribution is -2.26. The fraction of sp³-hybridized carbons (Fsp3) is 0.333. The van der Waals surface area contributed by atoms with Crippen molar-refractivity contribution in [1.29, 1.82) is 0 Å². The number of aliphatic hydroxyl groups is 1. The zero-order valence-corrected chi connectivity index (χ0v) is 8.71. The summed E-state index contributed by atoms with van der Waals surface area (Å²) in [6.07, 6.45) is 0. The molecule has 14 heavy (non-hydrogen) atoms. The molecule has 0 aliphatic heterocycles. The largest absolute Gasteiger partial charge is 0.395 e. The highest BCUT2D eigenvalue weighted by Crippen LogP contribution is 2.09. The second-order valence-electron chi connectivity index (χ2n) is 2.94.